The summed E-state index contributed by atoms with van der Waals surface area (Å²) in [6.45, 7) is 2.78. The third-order valence-electron chi connectivity index (χ3n) is 3.04. The van der Waals surface area contributed by atoms with Crippen LogP contribution in [0.15, 0.2) is 35.8 Å². The zero-order valence-electron chi connectivity index (χ0n) is 10.4. The first-order valence-corrected chi connectivity index (χ1v) is 7.26. The summed E-state index contributed by atoms with van der Waals surface area (Å²) in [7, 11) is 0. The molecule has 0 aliphatic heterocycles. The van der Waals surface area contributed by atoms with Gasteiger partial charge in [-0.3, -0.25) is 4.40 Å². The fraction of sp³-hybridized carbons (Fsp3) is 0.231. The van der Waals surface area contributed by atoms with Crippen LogP contribution >= 0.6 is 22.9 Å². The van der Waals surface area contributed by atoms with Gasteiger partial charge in [-0.1, -0.05) is 17.7 Å². The number of fused-ring (bicyclic) bond motifs is 1. The summed E-state index contributed by atoms with van der Waals surface area (Å²) in [6.07, 6.45) is 1.97. The van der Waals surface area contributed by atoms with E-state index < -0.39 is 0 Å². The maximum atomic E-state index is 5.95. The van der Waals surface area contributed by atoms with E-state index in [0.29, 0.717) is 6.54 Å². The third-order valence-corrected chi connectivity index (χ3v) is 4.15. The largest absolute Gasteiger partial charge is 0.303 e. The second-order valence-corrected chi connectivity index (χ2v) is 5.87. The van der Waals surface area contributed by atoms with Gasteiger partial charge in [0.1, 0.15) is 0 Å². The normalized spacial score (nSPS) is 12.9. The minimum atomic E-state index is 0.236. The van der Waals surface area contributed by atoms with E-state index in [9.17, 15) is 0 Å². The van der Waals surface area contributed by atoms with Crippen LogP contribution in [0.1, 0.15) is 24.4 Å². The van der Waals surface area contributed by atoms with E-state index in [-0.39, 0.29) is 6.04 Å². The molecule has 0 saturated carbocycles. The van der Waals surface area contributed by atoms with Crippen LogP contribution in [-0.2, 0) is 6.54 Å². The predicted molar refractivity (Wildman–Crippen MR) is 77.6 cm³/mol. The Hall–Kier alpha value is -1.43. The number of hydrogen-bond donors (Lipinski definition) is 1. The van der Waals surface area contributed by atoms with E-state index in [4.69, 9.17) is 11.6 Å². The molecule has 3 heterocycles. The zero-order chi connectivity index (χ0) is 13.2. The standard InChI is InChI=1S/C13H13ClN4S/c1-9(10-6-11(14)19-8-10)15-7-13-17-16-12-4-2-3-5-18(12)13/h2-6,8-9,15H,7H2,1H3. The van der Waals surface area contributed by atoms with Crippen LogP contribution in [0, 0.1) is 0 Å². The van der Waals surface area contributed by atoms with Gasteiger partial charge in [-0.25, -0.2) is 0 Å². The van der Waals surface area contributed by atoms with E-state index in [2.05, 4.69) is 27.8 Å². The highest BCUT2D eigenvalue weighted by molar-refractivity contribution is 7.14. The molecule has 3 aromatic rings. The van der Waals surface area contributed by atoms with Crippen molar-refractivity contribution in [3.8, 4) is 0 Å². The maximum Gasteiger partial charge on any atom is 0.160 e. The van der Waals surface area contributed by atoms with Gasteiger partial charge in [-0.2, -0.15) is 0 Å². The molecule has 0 radical (unpaired) electrons. The number of rotatable bonds is 4. The van der Waals surface area contributed by atoms with Crippen molar-refractivity contribution >= 4 is 28.6 Å². The quantitative estimate of drug-likeness (QED) is 0.802. The molecule has 1 atom stereocenters. The van der Waals surface area contributed by atoms with Crippen molar-refractivity contribution in [1.29, 1.82) is 0 Å². The Balaban J connectivity index is 1.72. The molecule has 6 heteroatoms. The number of halogens is 1. The lowest BCUT2D eigenvalue weighted by molar-refractivity contribution is 0.558. The fourth-order valence-corrected chi connectivity index (χ4v) is 2.91. The summed E-state index contributed by atoms with van der Waals surface area (Å²) >= 11 is 7.50. The number of nitrogens with zero attached hydrogens (tertiary/aromatic N) is 3. The summed E-state index contributed by atoms with van der Waals surface area (Å²) in [6, 6.07) is 8.10. The topological polar surface area (TPSA) is 42.2 Å². The molecule has 1 unspecified atom stereocenters. The smallest absolute Gasteiger partial charge is 0.160 e. The molecule has 0 bridgehead atoms. The Labute approximate surface area is 120 Å². The lowest BCUT2D eigenvalue weighted by atomic mass is 10.2. The minimum absolute atomic E-state index is 0.236. The van der Waals surface area contributed by atoms with Gasteiger partial charge in [-0.15, -0.1) is 21.5 Å². The SMILES string of the molecule is CC(NCc1nnc2ccccn12)c1csc(Cl)c1. The lowest BCUT2D eigenvalue weighted by Crippen LogP contribution is -2.19. The molecule has 0 amide bonds. The van der Waals surface area contributed by atoms with Crippen LogP contribution in [0.3, 0.4) is 0 Å². The number of nitrogens with one attached hydrogen (secondary N) is 1. The van der Waals surface area contributed by atoms with Crippen molar-refractivity contribution < 1.29 is 0 Å². The molecule has 3 rings (SSSR count). The molecule has 0 aliphatic rings. The van der Waals surface area contributed by atoms with Gasteiger partial charge in [0, 0.05) is 12.2 Å². The zero-order valence-corrected chi connectivity index (χ0v) is 11.9. The highest BCUT2D eigenvalue weighted by atomic mass is 35.5. The van der Waals surface area contributed by atoms with Crippen LogP contribution in [-0.4, -0.2) is 14.6 Å². The lowest BCUT2D eigenvalue weighted by Gasteiger charge is -2.11. The van der Waals surface area contributed by atoms with E-state index in [1.54, 1.807) is 11.3 Å². The molecule has 98 valence electrons. The molecular weight excluding hydrogens is 280 g/mol. The van der Waals surface area contributed by atoms with Crippen molar-refractivity contribution in [3.63, 3.8) is 0 Å². The maximum absolute atomic E-state index is 5.95. The Morgan fingerprint density at radius 3 is 3.11 bits per heavy atom. The second-order valence-electron chi connectivity index (χ2n) is 4.33. The van der Waals surface area contributed by atoms with Gasteiger partial charge in [0.05, 0.1) is 10.9 Å². The summed E-state index contributed by atoms with van der Waals surface area (Å²) in [5, 5.41) is 13.8. The second kappa shape index (κ2) is 5.28. The Morgan fingerprint density at radius 1 is 1.42 bits per heavy atom. The predicted octanol–water partition coefficient (Wildman–Crippen LogP) is 3.30. The summed E-state index contributed by atoms with van der Waals surface area (Å²) < 4.78 is 2.80. The molecule has 0 aromatic carbocycles. The van der Waals surface area contributed by atoms with Crippen molar-refractivity contribution in [2.75, 3.05) is 0 Å². The van der Waals surface area contributed by atoms with Crippen molar-refractivity contribution in [2.45, 2.75) is 19.5 Å². The molecule has 0 aliphatic carbocycles. The average molecular weight is 293 g/mol. The van der Waals surface area contributed by atoms with E-state index in [0.717, 1.165) is 15.8 Å². The average Bonchev–Trinajstić information content (AvgIpc) is 3.02. The van der Waals surface area contributed by atoms with Gasteiger partial charge in [0.15, 0.2) is 11.5 Å². The summed E-state index contributed by atoms with van der Waals surface area (Å²) in [5.74, 6) is 0.906. The molecule has 3 aromatic heterocycles. The summed E-state index contributed by atoms with van der Waals surface area (Å²) in [5.41, 5.74) is 2.06. The highest BCUT2D eigenvalue weighted by Crippen LogP contribution is 2.24. The number of pyridine rings is 1. The van der Waals surface area contributed by atoms with Gasteiger partial charge < -0.3 is 5.32 Å². The van der Waals surface area contributed by atoms with Crippen LogP contribution in [0.5, 0.6) is 0 Å². The Morgan fingerprint density at radius 2 is 2.32 bits per heavy atom. The van der Waals surface area contributed by atoms with E-state index in [1.807, 2.05) is 34.9 Å². The van der Waals surface area contributed by atoms with E-state index in [1.165, 1.54) is 5.56 Å². The van der Waals surface area contributed by atoms with Crippen molar-refractivity contribution in [3.05, 3.63) is 51.6 Å². The number of thiophene rings is 1. The highest BCUT2D eigenvalue weighted by Gasteiger charge is 2.09. The van der Waals surface area contributed by atoms with Crippen LogP contribution < -0.4 is 5.32 Å². The fourth-order valence-electron chi connectivity index (χ4n) is 1.92. The molecule has 1 N–H and O–H groups in total. The molecule has 0 fully saturated rings. The molecular formula is C13H13ClN4S. The summed E-state index contributed by atoms with van der Waals surface area (Å²) in [4.78, 5) is 0. The minimum Gasteiger partial charge on any atom is -0.303 e. The van der Waals surface area contributed by atoms with Gasteiger partial charge in [0.25, 0.3) is 0 Å². The first-order chi connectivity index (χ1) is 9.24. The molecule has 19 heavy (non-hydrogen) atoms. The van der Waals surface area contributed by atoms with Crippen LogP contribution in [0.4, 0.5) is 0 Å². The Bertz CT molecular complexity index is 691. The molecule has 0 spiro atoms. The third kappa shape index (κ3) is 2.63. The van der Waals surface area contributed by atoms with Crippen molar-refractivity contribution in [2.24, 2.45) is 0 Å². The first-order valence-electron chi connectivity index (χ1n) is 6.00. The molecule has 4 nitrogen and oxygen atoms in total. The van der Waals surface area contributed by atoms with Gasteiger partial charge in [-0.05, 0) is 36.1 Å². The Kier molecular flexibility index (Phi) is 3.50. The van der Waals surface area contributed by atoms with Gasteiger partial charge in [0.2, 0.25) is 0 Å². The van der Waals surface area contributed by atoms with Gasteiger partial charge >= 0.3 is 0 Å². The van der Waals surface area contributed by atoms with Crippen LogP contribution in [0.2, 0.25) is 4.34 Å². The van der Waals surface area contributed by atoms with Crippen LogP contribution in [0.25, 0.3) is 5.65 Å². The molecule has 0 saturated heterocycles. The van der Waals surface area contributed by atoms with Crippen molar-refractivity contribution in [1.82, 2.24) is 19.9 Å². The number of hydrogen-bond acceptors (Lipinski definition) is 4. The first kappa shape index (κ1) is 12.6. The number of aromatic nitrogens is 3. The monoisotopic (exact) mass is 292 g/mol. The van der Waals surface area contributed by atoms with E-state index >= 15 is 0 Å².